The lowest BCUT2D eigenvalue weighted by molar-refractivity contribution is 0.330. The Balaban J connectivity index is 1.65. The van der Waals surface area contributed by atoms with Crippen LogP contribution in [-0.4, -0.2) is 36.1 Å². The molecule has 3 nitrogen and oxygen atoms in total. The Hall–Kier alpha value is -0.450. The van der Waals surface area contributed by atoms with Gasteiger partial charge in [0.25, 0.3) is 0 Å². The highest BCUT2D eigenvalue weighted by atomic mass is 32.1. The van der Waals surface area contributed by atoms with Crippen LogP contribution < -0.4 is 5.32 Å². The van der Waals surface area contributed by atoms with E-state index in [-0.39, 0.29) is 0 Å². The van der Waals surface area contributed by atoms with Crippen molar-refractivity contribution in [3.05, 3.63) is 16.6 Å². The van der Waals surface area contributed by atoms with Crippen LogP contribution in [0.15, 0.2) is 11.7 Å². The van der Waals surface area contributed by atoms with E-state index in [1.165, 1.54) is 37.4 Å². The highest BCUT2D eigenvalue weighted by Crippen LogP contribution is 2.15. The van der Waals surface area contributed by atoms with E-state index in [4.69, 9.17) is 0 Å². The molecular formula is C11H19N3S. The maximum atomic E-state index is 4.10. The average molecular weight is 225 g/mol. The minimum absolute atomic E-state index is 0.445. The van der Waals surface area contributed by atoms with Crippen molar-refractivity contribution < 1.29 is 0 Å². The Bertz CT molecular complexity index is 267. The molecule has 1 N–H and O–H groups in total. The molecule has 1 aromatic rings. The summed E-state index contributed by atoms with van der Waals surface area (Å²) in [6.07, 6.45) is 4.72. The predicted octanol–water partition coefficient (Wildman–Crippen LogP) is 1.89. The SMILES string of the molecule is CC(NCCN1CCCC1)c1cncs1. The zero-order chi connectivity index (χ0) is 10.5. The predicted molar refractivity (Wildman–Crippen MR) is 64.2 cm³/mol. The number of hydrogen-bond acceptors (Lipinski definition) is 4. The topological polar surface area (TPSA) is 28.2 Å². The van der Waals surface area contributed by atoms with Crippen molar-refractivity contribution in [1.82, 2.24) is 15.2 Å². The summed E-state index contributed by atoms with van der Waals surface area (Å²) in [6, 6.07) is 0.445. The summed E-state index contributed by atoms with van der Waals surface area (Å²) in [4.78, 5) is 7.96. The highest BCUT2D eigenvalue weighted by molar-refractivity contribution is 7.09. The van der Waals surface area contributed by atoms with E-state index in [9.17, 15) is 0 Å². The molecule has 1 atom stereocenters. The number of thiazole rings is 1. The minimum atomic E-state index is 0.445. The van der Waals surface area contributed by atoms with E-state index in [1.54, 1.807) is 11.3 Å². The monoisotopic (exact) mass is 225 g/mol. The van der Waals surface area contributed by atoms with Crippen LogP contribution >= 0.6 is 11.3 Å². The van der Waals surface area contributed by atoms with Gasteiger partial charge in [-0.3, -0.25) is 4.98 Å². The van der Waals surface area contributed by atoms with Gasteiger partial charge in [0, 0.05) is 30.2 Å². The Labute approximate surface area is 95.5 Å². The van der Waals surface area contributed by atoms with Gasteiger partial charge in [-0.15, -0.1) is 11.3 Å². The van der Waals surface area contributed by atoms with Gasteiger partial charge in [0.15, 0.2) is 0 Å². The van der Waals surface area contributed by atoms with E-state index >= 15 is 0 Å². The van der Waals surface area contributed by atoms with Crippen molar-refractivity contribution >= 4 is 11.3 Å². The van der Waals surface area contributed by atoms with Crippen molar-refractivity contribution in [2.75, 3.05) is 26.2 Å². The largest absolute Gasteiger partial charge is 0.308 e. The molecule has 1 aromatic heterocycles. The lowest BCUT2D eigenvalue weighted by Crippen LogP contribution is -2.31. The molecule has 1 saturated heterocycles. The van der Waals surface area contributed by atoms with E-state index in [2.05, 4.69) is 22.1 Å². The fraction of sp³-hybridized carbons (Fsp3) is 0.727. The molecule has 15 heavy (non-hydrogen) atoms. The second-order valence-corrected chi connectivity index (χ2v) is 5.05. The van der Waals surface area contributed by atoms with Gasteiger partial charge in [0.2, 0.25) is 0 Å². The Morgan fingerprint density at radius 2 is 2.33 bits per heavy atom. The summed E-state index contributed by atoms with van der Waals surface area (Å²) in [5.74, 6) is 0. The highest BCUT2D eigenvalue weighted by Gasteiger charge is 2.11. The molecule has 0 aromatic carbocycles. The summed E-state index contributed by atoms with van der Waals surface area (Å²) in [6.45, 7) is 7.05. The molecule has 1 fully saturated rings. The zero-order valence-corrected chi connectivity index (χ0v) is 10.1. The van der Waals surface area contributed by atoms with Crippen LogP contribution in [0.2, 0.25) is 0 Å². The van der Waals surface area contributed by atoms with E-state index in [0.717, 1.165) is 6.54 Å². The van der Waals surface area contributed by atoms with Gasteiger partial charge in [-0.2, -0.15) is 0 Å². The van der Waals surface area contributed by atoms with Gasteiger partial charge < -0.3 is 10.2 Å². The van der Waals surface area contributed by atoms with Crippen LogP contribution in [0.3, 0.4) is 0 Å². The molecule has 2 heterocycles. The van der Waals surface area contributed by atoms with Gasteiger partial charge in [0.1, 0.15) is 0 Å². The van der Waals surface area contributed by atoms with Crippen molar-refractivity contribution in [1.29, 1.82) is 0 Å². The molecular weight excluding hydrogens is 206 g/mol. The first kappa shape index (κ1) is 11.0. The first-order valence-electron chi connectivity index (χ1n) is 5.70. The van der Waals surface area contributed by atoms with E-state index < -0.39 is 0 Å². The first-order valence-corrected chi connectivity index (χ1v) is 6.58. The summed E-state index contributed by atoms with van der Waals surface area (Å²) in [5, 5.41) is 3.54. The van der Waals surface area contributed by atoms with Crippen molar-refractivity contribution in [2.24, 2.45) is 0 Å². The summed E-state index contributed by atoms with van der Waals surface area (Å²) < 4.78 is 0. The lowest BCUT2D eigenvalue weighted by atomic mass is 10.3. The standard InChI is InChI=1S/C11H19N3S/c1-10(11-8-12-9-15-11)13-4-7-14-5-2-3-6-14/h8-10,13H,2-7H2,1H3. The molecule has 0 bridgehead atoms. The van der Waals surface area contributed by atoms with Crippen molar-refractivity contribution in [3.63, 3.8) is 0 Å². The number of likely N-dealkylation sites (tertiary alicyclic amines) is 1. The van der Waals surface area contributed by atoms with Crippen LogP contribution in [0.5, 0.6) is 0 Å². The fourth-order valence-electron chi connectivity index (χ4n) is 1.99. The van der Waals surface area contributed by atoms with Gasteiger partial charge >= 0.3 is 0 Å². The second kappa shape index (κ2) is 5.58. The third-order valence-electron chi connectivity index (χ3n) is 2.96. The number of nitrogens with one attached hydrogen (secondary N) is 1. The molecule has 0 saturated carbocycles. The van der Waals surface area contributed by atoms with Crippen molar-refractivity contribution in [3.8, 4) is 0 Å². The maximum Gasteiger partial charge on any atom is 0.0794 e. The van der Waals surface area contributed by atoms with Crippen LogP contribution in [0, 0.1) is 0 Å². The molecule has 1 unspecified atom stereocenters. The third kappa shape index (κ3) is 3.26. The lowest BCUT2D eigenvalue weighted by Gasteiger charge is -2.17. The Kier molecular flexibility index (Phi) is 4.11. The van der Waals surface area contributed by atoms with Crippen molar-refractivity contribution in [2.45, 2.75) is 25.8 Å². The smallest absolute Gasteiger partial charge is 0.0794 e. The maximum absolute atomic E-state index is 4.10. The van der Waals surface area contributed by atoms with Gasteiger partial charge in [-0.25, -0.2) is 0 Å². The molecule has 84 valence electrons. The van der Waals surface area contributed by atoms with Gasteiger partial charge in [0.05, 0.1) is 5.51 Å². The Morgan fingerprint density at radius 1 is 1.53 bits per heavy atom. The van der Waals surface area contributed by atoms with Gasteiger partial charge in [-0.05, 0) is 32.9 Å². The van der Waals surface area contributed by atoms with E-state index in [0.29, 0.717) is 6.04 Å². The third-order valence-corrected chi connectivity index (χ3v) is 3.91. The summed E-state index contributed by atoms with van der Waals surface area (Å²) in [7, 11) is 0. The molecule has 2 rings (SSSR count). The Morgan fingerprint density at radius 3 is 3.00 bits per heavy atom. The number of aromatic nitrogens is 1. The normalized spacial score (nSPS) is 19.5. The quantitative estimate of drug-likeness (QED) is 0.829. The van der Waals surface area contributed by atoms with Crippen LogP contribution in [-0.2, 0) is 0 Å². The molecule has 4 heteroatoms. The first-order chi connectivity index (χ1) is 7.36. The average Bonchev–Trinajstić information content (AvgIpc) is 2.90. The van der Waals surface area contributed by atoms with Crippen LogP contribution in [0.4, 0.5) is 0 Å². The molecule has 1 aliphatic rings. The fourth-order valence-corrected chi connectivity index (χ4v) is 2.64. The summed E-state index contributed by atoms with van der Waals surface area (Å²) in [5.41, 5.74) is 1.90. The molecule has 0 radical (unpaired) electrons. The number of nitrogens with zero attached hydrogens (tertiary/aromatic N) is 2. The number of hydrogen-bond donors (Lipinski definition) is 1. The molecule has 0 aliphatic carbocycles. The number of rotatable bonds is 5. The second-order valence-electron chi connectivity index (χ2n) is 4.13. The molecule has 0 amide bonds. The zero-order valence-electron chi connectivity index (χ0n) is 9.28. The molecule has 1 aliphatic heterocycles. The van der Waals surface area contributed by atoms with E-state index in [1.807, 2.05) is 11.7 Å². The van der Waals surface area contributed by atoms with Crippen LogP contribution in [0.25, 0.3) is 0 Å². The van der Waals surface area contributed by atoms with Gasteiger partial charge in [-0.1, -0.05) is 0 Å². The van der Waals surface area contributed by atoms with Crippen LogP contribution in [0.1, 0.15) is 30.7 Å². The molecule has 0 spiro atoms. The minimum Gasteiger partial charge on any atom is -0.308 e. The summed E-state index contributed by atoms with van der Waals surface area (Å²) >= 11 is 1.73.